The van der Waals surface area contributed by atoms with Crippen LogP contribution in [0.25, 0.3) is 0 Å². The summed E-state index contributed by atoms with van der Waals surface area (Å²) < 4.78 is 0.791. The molecule has 0 unspecified atom stereocenters. The van der Waals surface area contributed by atoms with Gasteiger partial charge in [-0.25, -0.2) is 4.98 Å². The van der Waals surface area contributed by atoms with E-state index in [4.69, 9.17) is 5.73 Å². The molecule has 0 saturated heterocycles. The lowest BCUT2D eigenvalue weighted by Gasteiger charge is -2.05. The first-order valence-corrected chi connectivity index (χ1v) is 6.18. The predicted molar refractivity (Wildman–Crippen MR) is 74.9 cm³/mol. The van der Waals surface area contributed by atoms with E-state index in [1.54, 1.807) is 30.3 Å². The first-order valence-electron chi connectivity index (χ1n) is 5.39. The number of nitrogens with one attached hydrogen (secondary N) is 1. The average Bonchev–Trinajstić information content (AvgIpc) is 2.39. The summed E-state index contributed by atoms with van der Waals surface area (Å²) in [4.78, 5) is 26.9. The van der Waals surface area contributed by atoms with Gasteiger partial charge in [0.2, 0.25) is 5.91 Å². The first kappa shape index (κ1) is 13.2. The van der Waals surface area contributed by atoms with Crippen LogP contribution in [0.1, 0.15) is 20.8 Å². The molecule has 0 aliphatic heterocycles. The lowest BCUT2D eigenvalue weighted by molar-refractivity contribution is 0.0995. The summed E-state index contributed by atoms with van der Waals surface area (Å²) in [5.41, 5.74) is 6.28. The highest BCUT2D eigenvalue weighted by molar-refractivity contribution is 9.10. The molecule has 2 aromatic rings. The van der Waals surface area contributed by atoms with Crippen LogP contribution >= 0.6 is 15.9 Å². The van der Waals surface area contributed by atoms with Gasteiger partial charge in [0.05, 0.1) is 0 Å². The van der Waals surface area contributed by atoms with E-state index in [-0.39, 0.29) is 11.6 Å². The van der Waals surface area contributed by atoms with E-state index in [1.807, 2.05) is 0 Å². The number of hydrogen-bond acceptors (Lipinski definition) is 3. The summed E-state index contributed by atoms with van der Waals surface area (Å²) in [5.74, 6) is -0.896. The number of rotatable bonds is 3. The van der Waals surface area contributed by atoms with Crippen LogP contribution in [-0.4, -0.2) is 16.8 Å². The molecule has 2 amide bonds. The minimum absolute atomic E-state index is 0.285. The van der Waals surface area contributed by atoms with Crippen molar-refractivity contribution >= 4 is 33.4 Å². The average molecular weight is 320 g/mol. The van der Waals surface area contributed by atoms with Crippen molar-refractivity contribution in [2.75, 3.05) is 5.32 Å². The first-order chi connectivity index (χ1) is 9.06. The Hall–Kier alpha value is -2.21. The number of anilines is 1. The molecule has 6 heteroatoms. The molecule has 19 heavy (non-hydrogen) atoms. The second-order valence-electron chi connectivity index (χ2n) is 3.76. The molecule has 0 fully saturated rings. The predicted octanol–water partition coefficient (Wildman–Crippen LogP) is 2.20. The summed E-state index contributed by atoms with van der Waals surface area (Å²) in [7, 11) is 0. The van der Waals surface area contributed by atoms with Crippen molar-refractivity contribution in [1.82, 2.24) is 4.98 Å². The lowest BCUT2D eigenvalue weighted by Crippen LogP contribution is -2.15. The van der Waals surface area contributed by atoms with Gasteiger partial charge >= 0.3 is 0 Å². The third-order valence-electron chi connectivity index (χ3n) is 2.36. The minimum atomic E-state index is -0.544. The smallest absolute Gasteiger partial charge is 0.274 e. The van der Waals surface area contributed by atoms with Crippen molar-refractivity contribution in [1.29, 1.82) is 0 Å². The van der Waals surface area contributed by atoms with Crippen LogP contribution in [0, 0.1) is 0 Å². The molecule has 0 radical (unpaired) electrons. The second-order valence-corrected chi connectivity index (χ2v) is 4.68. The largest absolute Gasteiger partial charge is 0.366 e. The van der Waals surface area contributed by atoms with Crippen LogP contribution in [0.3, 0.4) is 0 Å². The number of halogens is 1. The fourth-order valence-corrected chi connectivity index (χ4v) is 1.69. The molecule has 2 rings (SSSR count). The van der Waals surface area contributed by atoms with E-state index in [0.717, 1.165) is 4.47 Å². The van der Waals surface area contributed by atoms with Gasteiger partial charge in [-0.1, -0.05) is 6.07 Å². The number of benzene rings is 1. The lowest BCUT2D eigenvalue weighted by atomic mass is 10.2. The van der Waals surface area contributed by atoms with E-state index in [2.05, 4.69) is 26.2 Å². The molecule has 96 valence electrons. The van der Waals surface area contributed by atoms with Gasteiger partial charge in [0, 0.05) is 21.9 Å². The molecule has 0 atom stereocenters. The van der Waals surface area contributed by atoms with Crippen LogP contribution in [0.2, 0.25) is 0 Å². The molecule has 5 nitrogen and oxygen atoms in total. The number of nitrogens with zero attached hydrogens (tertiary/aromatic N) is 1. The van der Waals surface area contributed by atoms with E-state index < -0.39 is 5.91 Å². The fraction of sp³-hybridized carbons (Fsp3) is 0. The topological polar surface area (TPSA) is 85.1 Å². The Morgan fingerprint density at radius 2 is 2.00 bits per heavy atom. The van der Waals surface area contributed by atoms with Gasteiger partial charge in [-0.15, -0.1) is 0 Å². The van der Waals surface area contributed by atoms with Gasteiger partial charge in [0.25, 0.3) is 5.91 Å². The monoisotopic (exact) mass is 319 g/mol. The second kappa shape index (κ2) is 5.62. The zero-order valence-electron chi connectivity index (χ0n) is 9.76. The molecule has 0 aliphatic carbocycles. The van der Waals surface area contributed by atoms with Crippen LogP contribution < -0.4 is 11.1 Å². The Bertz CT molecular complexity index is 626. The number of primary amides is 1. The number of carbonyl (C=O) groups is 2. The summed E-state index contributed by atoms with van der Waals surface area (Å²) >= 11 is 3.24. The van der Waals surface area contributed by atoms with Gasteiger partial charge in [0.15, 0.2) is 0 Å². The molecular formula is C13H10BrN3O2. The third-order valence-corrected chi connectivity index (χ3v) is 2.83. The molecule has 1 aromatic heterocycles. The molecule has 1 heterocycles. The van der Waals surface area contributed by atoms with Gasteiger partial charge in [-0.05, 0) is 46.3 Å². The van der Waals surface area contributed by atoms with Crippen molar-refractivity contribution in [3.63, 3.8) is 0 Å². The van der Waals surface area contributed by atoms with Crippen molar-refractivity contribution in [2.45, 2.75) is 0 Å². The van der Waals surface area contributed by atoms with E-state index in [0.29, 0.717) is 11.3 Å². The number of pyridine rings is 1. The number of aromatic nitrogens is 1. The van der Waals surface area contributed by atoms with E-state index >= 15 is 0 Å². The summed E-state index contributed by atoms with van der Waals surface area (Å²) in [6.45, 7) is 0. The van der Waals surface area contributed by atoms with Crippen LogP contribution in [0.4, 0.5) is 5.69 Å². The van der Waals surface area contributed by atoms with Crippen molar-refractivity contribution in [2.24, 2.45) is 5.73 Å². The number of nitrogens with two attached hydrogens (primary N) is 1. The zero-order chi connectivity index (χ0) is 13.8. The summed E-state index contributed by atoms with van der Waals surface area (Å²) in [5, 5.41) is 2.65. The molecule has 0 spiro atoms. The standard InChI is InChI=1S/C13H10BrN3O2/c14-9-4-5-11(16-7-9)13(19)17-10-3-1-2-8(6-10)12(15)18/h1-7H,(H2,15,18)(H,17,19). The SMILES string of the molecule is NC(=O)c1cccc(NC(=O)c2ccc(Br)cn2)c1. The van der Waals surface area contributed by atoms with Gasteiger partial charge < -0.3 is 11.1 Å². The maximum atomic E-state index is 11.9. The Labute approximate surface area is 118 Å². The Kier molecular flexibility index (Phi) is 3.91. The summed E-state index contributed by atoms with van der Waals surface area (Å²) in [6.07, 6.45) is 1.54. The maximum Gasteiger partial charge on any atom is 0.274 e. The zero-order valence-corrected chi connectivity index (χ0v) is 11.3. The quantitative estimate of drug-likeness (QED) is 0.909. The Morgan fingerprint density at radius 1 is 1.21 bits per heavy atom. The normalized spacial score (nSPS) is 9.95. The molecular weight excluding hydrogens is 310 g/mol. The minimum Gasteiger partial charge on any atom is -0.366 e. The maximum absolute atomic E-state index is 11.9. The molecule has 3 N–H and O–H groups in total. The highest BCUT2D eigenvalue weighted by atomic mass is 79.9. The molecule has 0 saturated carbocycles. The van der Waals surface area contributed by atoms with E-state index in [1.165, 1.54) is 12.3 Å². The Morgan fingerprint density at radius 3 is 2.63 bits per heavy atom. The van der Waals surface area contributed by atoms with Crippen LogP contribution in [0.15, 0.2) is 47.1 Å². The third kappa shape index (κ3) is 3.38. The Balaban J connectivity index is 2.17. The molecule has 0 aliphatic rings. The number of amides is 2. The summed E-state index contributed by atoms with van der Waals surface area (Å²) in [6, 6.07) is 9.72. The molecule has 1 aromatic carbocycles. The highest BCUT2D eigenvalue weighted by Crippen LogP contribution is 2.12. The van der Waals surface area contributed by atoms with Crippen molar-refractivity contribution < 1.29 is 9.59 Å². The van der Waals surface area contributed by atoms with Gasteiger partial charge in [0.1, 0.15) is 5.69 Å². The van der Waals surface area contributed by atoms with Crippen LogP contribution in [-0.2, 0) is 0 Å². The van der Waals surface area contributed by atoms with Crippen molar-refractivity contribution in [3.8, 4) is 0 Å². The van der Waals surface area contributed by atoms with Crippen molar-refractivity contribution in [3.05, 3.63) is 58.3 Å². The number of carbonyl (C=O) groups excluding carboxylic acids is 2. The number of hydrogen-bond donors (Lipinski definition) is 2. The van der Waals surface area contributed by atoms with Crippen LogP contribution in [0.5, 0.6) is 0 Å². The van der Waals surface area contributed by atoms with Gasteiger partial charge in [-0.2, -0.15) is 0 Å². The highest BCUT2D eigenvalue weighted by Gasteiger charge is 2.08. The van der Waals surface area contributed by atoms with E-state index in [9.17, 15) is 9.59 Å². The fourth-order valence-electron chi connectivity index (χ4n) is 1.46. The molecule has 0 bridgehead atoms. The van der Waals surface area contributed by atoms with Gasteiger partial charge in [-0.3, -0.25) is 9.59 Å².